The molecule has 0 fully saturated rings. The molecule has 0 aromatic heterocycles. The second-order valence-electron chi connectivity index (χ2n) is 4.69. The minimum atomic E-state index is -1.01. The maximum atomic E-state index is 13.2. The van der Waals surface area contributed by atoms with Crippen LogP contribution in [0.1, 0.15) is 28.4 Å². The SMILES string of the molecule is N[C@H]1CCOc2c(C(=O)NC/C=C(F)\C(F)=C/I)cccc21. The third-order valence-electron chi connectivity index (χ3n) is 3.23. The van der Waals surface area contributed by atoms with E-state index in [2.05, 4.69) is 5.32 Å². The highest BCUT2D eigenvalue weighted by Gasteiger charge is 2.23. The van der Waals surface area contributed by atoms with Gasteiger partial charge in [-0.05, 0) is 34.7 Å². The molecule has 1 aromatic carbocycles. The maximum absolute atomic E-state index is 13.2. The van der Waals surface area contributed by atoms with E-state index in [1.165, 1.54) is 0 Å². The van der Waals surface area contributed by atoms with Crippen molar-refractivity contribution in [2.75, 3.05) is 13.2 Å². The number of nitrogens with one attached hydrogen (secondary N) is 1. The van der Waals surface area contributed by atoms with Crippen LogP contribution in [0.25, 0.3) is 0 Å². The molecule has 0 saturated carbocycles. The third kappa shape index (κ3) is 3.83. The van der Waals surface area contributed by atoms with E-state index in [-0.39, 0.29) is 12.6 Å². The Morgan fingerprint density at radius 2 is 2.23 bits per heavy atom. The summed E-state index contributed by atoms with van der Waals surface area (Å²) in [6.07, 6.45) is 1.65. The largest absolute Gasteiger partial charge is 0.492 e. The highest BCUT2D eigenvalue weighted by atomic mass is 127. The summed E-state index contributed by atoms with van der Waals surface area (Å²) in [6, 6.07) is 4.97. The lowest BCUT2D eigenvalue weighted by molar-refractivity contribution is 0.0952. The highest BCUT2D eigenvalue weighted by molar-refractivity contribution is 14.1. The fourth-order valence-electron chi connectivity index (χ4n) is 2.11. The minimum Gasteiger partial charge on any atom is -0.492 e. The molecule has 0 radical (unpaired) electrons. The van der Waals surface area contributed by atoms with Gasteiger partial charge < -0.3 is 15.8 Å². The van der Waals surface area contributed by atoms with Crippen LogP contribution in [0.3, 0.4) is 0 Å². The average molecular weight is 420 g/mol. The second-order valence-corrected chi connectivity index (χ2v) is 5.31. The van der Waals surface area contributed by atoms with Gasteiger partial charge in [0, 0.05) is 28.7 Å². The van der Waals surface area contributed by atoms with Crippen LogP contribution in [0.5, 0.6) is 5.75 Å². The molecule has 0 bridgehead atoms. The molecule has 0 spiro atoms. The molecule has 4 nitrogen and oxygen atoms in total. The average Bonchev–Trinajstić information content (AvgIpc) is 2.53. The number of fused-ring (bicyclic) bond motifs is 1. The lowest BCUT2D eigenvalue weighted by Gasteiger charge is -2.24. The number of rotatable bonds is 4. The number of carbonyl (C=O) groups is 1. The quantitative estimate of drug-likeness (QED) is 0.581. The molecule has 0 unspecified atom stereocenters. The number of halogens is 3. The molecule has 1 atom stereocenters. The highest BCUT2D eigenvalue weighted by Crippen LogP contribution is 2.33. The summed E-state index contributed by atoms with van der Waals surface area (Å²) in [7, 11) is 0. The van der Waals surface area contributed by atoms with Crippen molar-refractivity contribution in [3.63, 3.8) is 0 Å². The molecule has 1 aliphatic rings. The molecule has 3 N–H and O–H groups in total. The van der Waals surface area contributed by atoms with Crippen LogP contribution in [-0.4, -0.2) is 19.1 Å². The zero-order valence-corrected chi connectivity index (χ0v) is 13.8. The van der Waals surface area contributed by atoms with E-state index >= 15 is 0 Å². The van der Waals surface area contributed by atoms with Crippen molar-refractivity contribution in [2.45, 2.75) is 12.5 Å². The van der Waals surface area contributed by atoms with E-state index in [0.29, 0.717) is 24.3 Å². The molecule has 22 heavy (non-hydrogen) atoms. The number of hydrogen-bond donors (Lipinski definition) is 2. The molecule has 1 aliphatic heterocycles. The standard InChI is InChI=1S/C15H15F2IN2O2/c16-11(12(17)8-18)4-6-20-15(21)10-3-1-2-9-13(19)5-7-22-14(9)10/h1-4,8,13H,5-7,19H2,(H,20,21)/b11-4+,12-8+/t13-/m0/s1. The van der Waals surface area contributed by atoms with E-state index in [1.807, 2.05) is 6.07 Å². The number of benzene rings is 1. The number of allylic oxidation sites excluding steroid dienone is 2. The molecule has 1 aromatic rings. The Balaban J connectivity index is 2.10. The van der Waals surface area contributed by atoms with Crippen LogP contribution in [-0.2, 0) is 0 Å². The van der Waals surface area contributed by atoms with Crippen molar-refractivity contribution in [3.05, 3.63) is 51.1 Å². The van der Waals surface area contributed by atoms with Gasteiger partial charge >= 0.3 is 0 Å². The fourth-order valence-corrected chi connectivity index (χ4v) is 2.41. The van der Waals surface area contributed by atoms with Crippen molar-refractivity contribution < 1.29 is 18.3 Å². The zero-order valence-electron chi connectivity index (χ0n) is 11.6. The summed E-state index contributed by atoms with van der Waals surface area (Å²) in [5.74, 6) is -1.94. The van der Waals surface area contributed by atoms with Gasteiger partial charge in [-0.2, -0.15) is 0 Å². The first kappa shape index (κ1) is 16.9. The zero-order chi connectivity index (χ0) is 16.1. The Hall–Kier alpha value is -1.48. The van der Waals surface area contributed by atoms with Gasteiger partial charge in [0.1, 0.15) is 5.75 Å². The monoisotopic (exact) mass is 420 g/mol. The summed E-state index contributed by atoms with van der Waals surface area (Å²) in [5.41, 5.74) is 7.10. The van der Waals surface area contributed by atoms with Crippen molar-refractivity contribution in [2.24, 2.45) is 5.73 Å². The van der Waals surface area contributed by atoms with Crippen LogP contribution in [0, 0.1) is 0 Å². The summed E-state index contributed by atoms with van der Waals surface area (Å²) >= 11 is 1.59. The molecular weight excluding hydrogens is 405 g/mol. The summed E-state index contributed by atoms with van der Waals surface area (Å²) in [4.78, 5) is 12.2. The molecule has 2 rings (SSSR count). The Morgan fingerprint density at radius 1 is 1.45 bits per heavy atom. The number of para-hydroxylation sites is 1. The molecule has 1 amide bonds. The van der Waals surface area contributed by atoms with E-state index in [4.69, 9.17) is 10.5 Å². The van der Waals surface area contributed by atoms with Crippen LogP contribution in [0.4, 0.5) is 8.78 Å². The number of ether oxygens (including phenoxy) is 1. The first-order chi connectivity index (χ1) is 10.5. The predicted molar refractivity (Wildman–Crippen MR) is 88.2 cm³/mol. The number of nitrogens with two attached hydrogens (primary N) is 1. The fraction of sp³-hybridized carbons (Fsp3) is 0.267. The van der Waals surface area contributed by atoms with Gasteiger partial charge in [0.25, 0.3) is 5.91 Å². The molecule has 118 valence electrons. The van der Waals surface area contributed by atoms with Gasteiger partial charge in [-0.15, -0.1) is 0 Å². The summed E-state index contributed by atoms with van der Waals surface area (Å²) < 4.78 is 32.6. The van der Waals surface area contributed by atoms with E-state index in [0.717, 1.165) is 15.7 Å². The first-order valence-corrected chi connectivity index (χ1v) is 7.90. The lowest BCUT2D eigenvalue weighted by atomic mass is 9.98. The smallest absolute Gasteiger partial charge is 0.255 e. The molecule has 1 heterocycles. The molecular formula is C15H15F2IN2O2. The Kier molecular flexibility index (Phi) is 5.90. The van der Waals surface area contributed by atoms with Gasteiger partial charge in [0.2, 0.25) is 0 Å². The second kappa shape index (κ2) is 7.68. The van der Waals surface area contributed by atoms with Gasteiger partial charge in [-0.25, -0.2) is 8.78 Å². The number of amides is 1. The topological polar surface area (TPSA) is 64.3 Å². The van der Waals surface area contributed by atoms with Gasteiger partial charge in [-0.1, -0.05) is 12.1 Å². The van der Waals surface area contributed by atoms with Gasteiger partial charge in [0.15, 0.2) is 11.7 Å². The normalized spacial score (nSPS) is 18.5. The van der Waals surface area contributed by atoms with E-state index in [9.17, 15) is 13.6 Å². The summed E-state index contributed by atoms with van der Waals surface area (Å²) in [5, 5.41) is 2.50. The lowest BCUT2D eigenvalue weighted by Crippen LogP contribution is -2.27. The van der Waals surface area contributed by atoms with Crippen LogP contribution < -0.4 is 15.8 Å². The number of hydrogen-bond acceptors (Lipinski definition) is 3. The molecule has 0 saturated heterocycles. The van der Waals surface area contributed by atoms with Crippen molar-refractivity contribution >= 4 is 28.5 Å². The van der Waals surface area contributed by atoms with Crippen molar-refractivity contribution in [3.8, 4) is 5.75 Å². The van der Waals surface area contributed by atoms with Crippen LogP contribution in [0.15, 0.2) is 40.0 Å². The van der Waals surface area contributed by atoms with E-state index < -0.39 is 17.6 Å². The first-order valence-electron chi connectivity index (χ1n) is 6.66. The van der Waals surface area contributed by atoms with Crippen LogP contribution in [0.2, 0.25) is 0 Å². The van der Waals surface area contributed by atoms with Gasteiger partial charge in [0.05, 0.1) is 12.2 Å². The van der Waals surface area contributed by atoms with Crippen molar-refractivity contribution in [1.82, 2.24) is 5.32 Å². The maximum Gasteiger partial charge on any atom is 0.255 e. The Labute approximate surface area is 140 Å². The van der Waals surface area contributed by atoms with Crippen LogP contribution >= 0.6 is 22.6 Å². The minimum absolute atomic E-state index is 0.127. The third-order valence-corrected chi connectivity index (χ3v) is 3.78. The Bertz CT molecular complexity index is 632. The predicted octanol–water partition coefficient (Wildman–Crippen LogP) is 3.30. The Morgan fingerprint density at radius 3 is 2.95 bits per heavy atom. The molecule has 7 heteroatoms. The van der Waals surface area contributed by atoms with Gasteiger partial charge in [-0.3, -0.25) is 4.79 Å². The number of carbonyl (C=O) groups excluding carboxylic acids is 1. The van der Waals surface area contributed by atoms with E-state index in [1.54, 1.807) is 34.7 Å². The summed E-state index contributed by atoms with van der Waals surface area (Å²) in [6.45, 7) is 0.316. The molecule has 0 aliphatic carbocycles. The van der Waals surface area contributed by atoms with Crippen molar-refractivity contribution in [1.29, 1.82) is 0 Å².